The van der Waals surface area contributed by atoms with Gasteiger partial charge in [0, 0.05) is 51.1 Å². The molecule has 12 heteroatoms. The summed E-state index contributed by atoms with van der Waals surface area (Å²) in [6.45, 7) is 7.03. The van der Waals surface area contributed by atoms with Gasteiger partial charge < -0.3 is 9.80 Å². The van der Waals surface area contributed by atoms with Crippen LogP contribution >= 0.6 is 48.0 Å². The molecule has 4 saturated heterocycles. The Morgan fingerprint density at radius 1 is 0.659 bits per heavy atom. The third-order valence-electron chi connectivity index (χ3n) is 9.29. The fourth-order valence-corrected chi connectivity index (χ4v) is 9.47. The molecule has 0 spiro atoms. The molecule has 0 saturated carbocycles. The maximum Gasteiger partial charge on any atom is 0.267 e. The molecule has 0 aliphatic carbocycles. The monoisotopic (exact) mass is 680 g/mol. The molecule has 0 unspecified atom stereocenters. The number of thiocarbonyl (C=S) groups is 2. The van der Waals surface area contributed by atoms with Gasteiger partial charge in [-0.25, -0.2) is 0 Å². The van der Waals surface area contributed by atoms with Gasteiger partial charge in [-0.2, -0.15) is 0 Å². The number of rotatable bonds is 14. The molecule has 4 fully saturated rings. The van der Waals surface area contributed by atoms with E-state index in [-0.39, 0.29) is 23.6 Å². The number of hydrogen-bond donors (Lipinski definition) is 0. The van der Waals surface area contributed by atoms with Gasteiger partial charge in [-0.3, -0.25) is 29.0 Å². The Labute approximate surface area is 282 Å². The van der Waals surface area contributed by atoms with Crippen LogP contribution in [0.3, 0.4) is 0 Å². The molecule has 4 heterocycles. The van der Waals surface area contributed by atoms with Gasteiger partial charge in [0.15, 0.2) is 0 Å². The molecular weight excluding hydrogens is 633 g/mol. The lowest BCUT2D eigenvalue weighted by Crippen LogP contribution is -2.43. The lowest BCUT2D eigenvalue weighted by Gasteiger charge is -2.35. The minimum Gasteiger partial charge on any atom is -0.340 e. The standard InChI is InChI=1S/C32H48N4O4S4/c1-3-23-15-9-13-19-33(23)25(37)17-7-5-11-21-35-29(39)27(43-31(35)41)28-30(40)36(32(42)44-28)22-12-6-8-18-26(38)34-20-14-10-16-24(34)4-2/h23-24H,3-22H2,1-2H3/b28-27+/t23-,24-/m0/s1. The van der Waals surface area contributed by atoms with Crippen LogP contribution in [0.5, 0.6) is 0 Å². The highest BCUT2D eigenvalue weighted by atomic mass is 32.2. The fourth-order valence-electron chi connectivity index (χ4n) is 6.70. The molecule has 44 heavy (non-hydrogen) atoms. The van der Waals surface area contributed by atoms with E-state index in [0.29, 0.717) is 56.5 Å². The molecule has 2 atom stereocenters. The second-order valence-electron chi connectivity index (χ2n) is 12.2. The summed E-state index contributed by atoms with van der Waals surface area (Å²) >= 11 is 13.4. The van der Waals surface area contributed by atoms with Crippen LogP contribution in [0, 0.1) is 0 Å². The van der Waals surface area contributed by atoms with E-state index in [9.17, 15) is 19.2 Å². The predicted molar refractivity (Wildman–Crippen MR) is 187 cm³/mol. The van der Waals surface area contributed by atoms with E-state index in [4.69, 9.17) is 24.4 Å². The van der Waals surface area contributed by atoms with Gasteiger partial charge in [-0.05, 0) is 77.0 Å². The van der Waals surface area contributed by atoms with Crippen molar-refractivity contribution in [3.63, 3.8) is 0 Å². The van der Waals surface area contributed by atoms with Crippen LogP contribution in [-0.4, -0.2) is 90.1 Å². The van der Waals surface area contributed by atoms with Crippen LogP contribution in [0.2, 0.25) is 0 Å². The van der Waals surface area contributed by atoms with Crippen LogP contribution in [0.15, 0.2) is 9.81 Å². The van der Waals surface area contributed by atoms with Crippen molar-refractivity contribution < 1.29 is 19.2 Å². The van der Waals surface area contributed by atoms with Crippen molar-refractivity contribution in [1.29, 1.82) is 0 Å². The highest BCUT2D eigenvalue weighted by Gasteiger charge is 2.41. The number of hydrogen-bond acceptors (Lipinski definition) is 8. The Balaban J connectivity index is 1.18. The smallest absolute Gasteiger partial charge is 0.267 e. The average molecular weight is 681 g/mol. The van der Waals surface area contributed by atoms with Gasteiger partial charge in [0.25, 0.3) is 11.8 Å². The third kappa shape index (κ3) is 8.85. The van der Waals surface area contributed by atoms with Crippen LogP contribution < -0.4 is 0 Å². The van der Waals surface area contributed by atoms with Crippen molar-refractivity contribution in [2.24, 2.45) is 0 Å². The van der Waals surface area contributed by atoms with Crippen molar-refractivity contribution in [1.82, 2.24) is 19.6 Å². The zero-order valence-electron chi connectivity index (χ0n) is 26.4. The number of unbranched alkanes of at least 4 members (excludes halogenated alkanes) is 4. The number of carbonyl (C=O) groups excluding carboxylic acids is 4. The Hall–Kier alpha value is -1.50. The Morgan fingerprint density at radius 2 is 1.07 bits per heavy atom. The zero-order valence-corrected chi connectivity index (χ0v) is 29.6. The molecular formula is C32H48N4O4S4. The number of amides is 4. The topological polar surface area (TPSA) is 81.2 Å². The first-order chi connectivity index (χ1) is 21.3. The van der Waals surface area contributed by atoms with Gasteiger partial charge in [0.1, 0.15) is 8.64 Å². The summed E-state index contributed by atoms with van der Waals surface area (Å²) in [6, 6.07) is 0.765. The quantitative estimate of drug-likeness (QED) is 0.115. The Morgan fingerprint density at radius 3 is 1.45 bits per heavy atom. The molecule has 0 radical (unpaired) electrons. The first-order valence-electron chi connectivity index (χ1n) is 16.7. The van der Waals surface area contributed by atoms with E-state index in [1.807, 2.05) is 0 Å². The molecule has 4 aliphatic heterocycles. The van der Waals surface area contributed by atoms with Crippen molar-refractivity contribution in [3.05, 3.63) is 9.81 Å². The van der Waals surface area contributed by atoms with Gasteiger partial charge in [0.05, 0.1) is 9.81 Å². The molecule has 0 aromatic rings. The third-order valence-corrected chi connectivity index (χ3v) is 12.3. The van der Waals surface area contributed by atoms with E-state index in [0.717, 1.165) is 90.1 Å². The maximum absolute atomic E-state index is 13.3. The van der Waals surface area contributed by atoms with E-state index in [1.165, 1.54) is 36.4 Å². The average Bonchev–Trinajstić information content (AvgIpc) is 3.48. The summed E-state index contributed by atoms with van der Waals surface area (Å²) in [5, 5.41) is 0. The van der Waals surface area contributed by atoms with Crippen molar-refractivity contribution >= 4 is 80.2 Å². The Kier molecular flexibility index (Phi) is 14.0. The number of piperidine rings is 2. The molecule has 0 aromatic heterocycles. The molecule has 8 nitrogen and oxygen atoms in total. The molecule has 0 bridgehead atoms. The van der Waals surface area contributed by atoms with Gasteiger partial charge in [-0.1, -0.05) is 74.6 Å². The lowest BCUT2D eigenvalue weighted by molar-refractivity contribution is -0.135. The minimum absolute atomic E-state index is 0.225. The number of nitrogens with zero attached hydrogens (tertiary/aromatic N) is 4. The number of thioether (sulfide) groups is 2. The van der Waals surface area contributed by atoms with Crippen molar-refractivity contribution in [2.75, 3.05) is 26.2 Å². The number of carbonyl (C=O) groups is 4. The zero-order chi connectivity index (χ0) is 31.6. The summed E-state index contributed by atoms with van der Waals surface area (Å²) < 4.78 is 0.934. The summed E-state index contributed by atoms with van der Waals surface area (Å²) in [6.07, 6.45) is 14.7. The first-order valence-corrected chi connectivity index (χ1v) is 19.1. The summed E-state index contributed by atoms with van der Waals surface area (Å²) in [5.41, 5.74) is 0. The van der Waals surface area contributed by atoms with E-state index >= 15 is 0 Å². The van der Waals surface area contributed by atoms with E-state index in [2.05, 4.69) is 23.6 Å². The minimum atomic E-state index is -0.225. The highest BCUT2D eigenvalue weighted by Crippen LogP contribution is 2.42. The van der Waals surface area contributed by atoms with Crippen molar-refractivity contribution in [3.8, 4) is 0 Å². The van der Waals surface area contributed by atoms with Crippen LogP contribution in [0.4, 0.5) is 0 Å². The molecule has 4 rings (SSSR count). The summed E-state index contributed by atoms with van der Waals surface area (Å²) in [7, 11) is 0. The molecule has 0 N–H and O–H groups in total. The van der Waals surface area contributed by atoms with Crippen LogP contribution in [0.1, 0.15) is 117 Å². The fraction of sp³-hybridized carbons (Fsp3) is 0.750. The molecule has 0 aromatic carbocycles. The number of likely N-dealkylation sites (tertiary alicyclic amines) is 2. The highest BCUT2D eigenvalue weighted by molar-refractivity contribution is 8.29. The SMILES string of the molecule is CC[C@H]1CCCCN1C(=O)CCCCCN1C(=O)/C(=C2\SC(=S)N(CCCCCC(=O)N3CCCC[C@@H]3CC)C2=O)SC1=S. The maximum atomic E-state index is 13.3. The normalized spacial score (nSPS) is 24.7. The summed E-state index contributed by atoms with van der Waals surface area (Å²) in [5.74, 6) is 0.0510. The van der Waals surface area contributed by atoms with Crippen LogP contribution in [0.25, 0.3) is 0 Å². The van der Waals surface area contributed by atoms with E-state index in [1.54, 1.807) is 9.80 Å². The van der Waals surface area contributed by atoms with Crippen molar-refractivity contribution in [2.45, 2.75) is 129 Å². The predicted octanol–water partition coefficient (Wildman–Crippen LogP) is 6.62. The largest absolute Gasteiger partial charge is 0.340 e. The first kappa shape index (κ1) is 35.4. The second kappa shape index (κ2) is 17.4. The van der Waals surface area contributed by atoms with Crippen LogP contribution in [-0.2, 0) is 19.2 Å². The molecule has 4 amide bonds. The van der Waals surface area contributed by atoms with Gasteiger partial charge >= 0.3 is 0 Å². The molecule has 4 aliphatic rings. The van der Waals surface area contributed by atoms with Gasteiger partial charge in [-0.15, -0.1) is 0 Å². The van der Waals surface area contributed by atoms with Gasteiger partial charge in [0.2, 0.25) is 11.8 Å². The van der Waals surface area contributed by atoms with E-state index < -0.39 is 0 Å². The Bertz CT molecular complexity index is 1060. The lowest BCUT2D eigenvalue weighted by atomic mass is 9.99. The molecule has 244 valence electrons. The summed E-state index contributed by atoms with van der Waals surface area (Å²) in [4.78, 5) is 60.1. The second-order valence-corrected chi connectivity index (χ2v) is 15.5.